The van der Waals surface area contributed by atoms with E-state index in [-0.39, 0.29) is 31.5 Å². The fourth-order valence-corrected chi connectivity index (χ4v) is 2.76. The van der Waals surface area contributed by atoms with E-state index in [0.29, 0.717) is 19.6 Å². The highest BCUT2D eigenvalue weighted by atomic mass is 19.3. The topological polar surface area (TPSA) is 73.8 Å². The molecule has 128 valence electrons. The number of halogens is 2. The van der Waals surface area contributed by atoms with Gasteiger partial charge in [0.05, 0.1) is 18.8 Å². The summed E-state index contributed by atoms with van der Waals surface area (Å²) in [6.07, 6.45) is -1.61. The maximum absolute atomic E-state index is 13.1. The minimum absolute atomic E-state index is 0.00489. The molecular formula is C14H25F2N3O3. The zero-order valence-corrected chi connectivity index (χ0v) is 13.0. The Bertz CT molecular complexity index is 386. The second-order valence-corrected chi connectivity index (χ2v) is 6.40. The minimum atomic E-state index is -2.58. The van der Waals surface area contributed by atoms with E-state index in [9.17, 15) is 18.7 Å². The van der Waals surface area contributed by atoms with Gasteiger partial charge in [0.25, 0.3) is 5.92 Å². The SMILES string of the molecule is CC(C)NC(=O)NC1COC(CN2CCC(F)(F)CC2)C1O. The highest BCUT2D eigenvalue weighted by Crippen LogP contribution is 2.28. The number of nitrogens with zero attached hydrogens (tertiary/aromatic N) is 1. The first kappa shape index (κ1) is 17.4. The van der Waals surface area contributed by atoms with Crippen molar-refractivity contribution in [1.82, 2.24) is 15.5 Å². The van der Waals surface area contributed by atoms with Crippen molar-refractivity contribution in [1.29, 1.82) is 0 Å². The first-order valence-electron chi connectivity index (χ1n) is 7.74. The molecule has 2 aliphatic rings. The van der Waals surface area contributed by atoms with Crippen molar-refractivity contribution in [2.75, 3.05) is 26.2 Å². The van der Waals surface area contributed by atoms with Crippen LogP contribution in [0, 0.1) is 0 Å². The maximum atomic E-state index is 13.1. The van der Waals surface area contributed by atoms with Gasteiger partial charge in [0, 0.05) is 38.5 Å². The number of nitrogens with one attached hydrogen (secondary N) is 2. The lowest BCUT2D eigenvalue weighted by Crippen LogP contribution is -2.51. The number of alkyl halides is 2. The van der Waals surface area contributed by atoms with E-state index >= 15 is 0 Å². The van der Waals surface area contributed by atoms with Crippen molar-refractivity contribution in [3.8, 4) is 0 Å². The third kappa shape index (κ3) is 4.76. The number of aliphatic hydroxyl groups excluding tert-OH is 1. The van der Waals surface area contributed by atoms with Gasteiger partial charge in [0.2, 0.25) is 0 Å². The van der Waals surface area contributed by atoms with E-state index in [0.717, 1.165) is 0 Å². The zero-order valence-electron chi connectivity index (χ0n) is 13.0. The molecule has 2 fully saturated rings. The number of carbonyl (C=O) groups is 1. The number of hydrogen-bond acceptors (Lipinski definition) is 4. The van der Waals surface area contributed by atoms with Gasteiger partial charge in [-0.15, -0.1) is 0 Å². The summed E-state index contributed by atoms with van der Waals surface area (Å²) in [6, 6.07) is -0.818. The fraction of sp³-hybridized carbons (Fsp3) is 0.929. The number of amides is 2. The van der Waals surface area contributed by atoms with Gasteiger partial charge in [-0.2, -0.15) is 0 Å². The Labute approximate surface area is 129 Å². The molecule has 0 saturated carbocycles. The van der Waals surface area contributed by atoms with Crippen molar-refractivity contribution in [2.45, 2.75) is 56.9 Å². The Hall–Kier alpha value is -0.990. The van der Waals surface area contributed by atoms with E-state index in [1.807, 2.05) is 18.7 Å². The van der Waals surface area contributed by atoms with Crippen molar-refractivity contribution >= 4 is 6.03 Å². The zero-order chi connectivity index (χ0) is 16.3. The van der Waals surface area contributed by atoms with Gasteiger partial charge < -0.3 is 25.4 Å². The lowest BCUT2D eigenvalue weighted by atomic mass is 10.0. The predicted molar refractivity (Wildman–Crippen MR) is 77.0 cm³/mol. The normalized spacial score (nSPS) is 32.2. The Kier molecular flexibility index (Phi) is 5.57. The second kappa shape index (κ2) is 7.06. The molecule has 2 aliphatic heterocycles. The van der Waals surface area contributed by atoms with Crippen molar-refractivity contribution in [3.63, 3.8) is 0 Å². The number of likely N-dealkylation sites (tertiary alicyclic amines) is 1. The molecule has 2 amide bonds. The lowest BCUT2D eigenvalue weighted by Gasteiger charge is -2.33. The molecule has 22 heavy (non-hydrogen) atoms. The molecular weight excluding hydrogens is 296 g/mol. The first-order chi connectivity index (χ1) is 10.3. The van der Waals surface area contributed by atoms with Crippen LogP contribution in [0.4, 0.5) is 13.6 Å². The summed E-state index contributed by atoms with van der Waals surface area (Å²) in [4.78, 5) is 13.5. The number of piperidine rings is 1. The van der Waals surface area contributed by atoms with Gasteiger partial charge in [0.15, 0.2) is 0 Å². The highest BCUT2D eigenvalue weighted by molar-refractivity contribution is 5.74. The summed E-state index contributed by atoms with van der Waals surface area (Å²) < 4.78 is 31.7. The molecule has 0 aromatic rings. The molecule has 6 nitrogen and oxygen atoms in total. The maximum Gasteiger partial charge on any atom is 0.315 e. The number of carbonyl (C=O) groups excluding carboxylic acids is 1. The van der Waals surface area contributed by atoms with Crippen LogP contribution in [0.2, 0.25) is 0 Å². The molecule has 3 atom stereocenters. The molecule has 2 rings (SSSR count). The van der Waals surface area contributed by atoms with Gasteiger partial charge >= 0.3 is 6.03 Å². The quantitative estimate of drug-likeness (QED) is 0.707. The Morgan fingerprint density at radius 2 is 2.05 bits per heavy atom. The van der Waals surface area contributed by atoms with Gasteiger partial charge in [-0.1, -0.05) is 0 Å². The number of urea groups is 1. The summed E-state index contributed by atoms with van der Waals surface area (Å²) in [6.45, 7) is 4.91. The average molecular weight is 321 g/mol. The van der Waals surface area contributed by atoms with Crippen LogP contribution in [-0.2, 0) is 4.74 Å². The molecule has 2 heterocycles. The lowest BCUT2D eigenvalue weighted by molar-refractivity contribution is -0.0674. The average Bonchev–Trinajstić information content (AvgIpc) is 2.73. The van der Waals surface area contributed by atoms with Crippen LogP contribution in [0.3, 0.4) is 0 Å². The summed E-state index contributed by atoms with van der Waals surface area (Å²) >= 11 is 0. The van der Waals surface area contributed by atoms with Crippen molar-refractivity contribution < 1.29 is 23.4 Å². The van der Waals surface area contributed by atoms with E-state index in [1.165, 1.54) is 0 Å². The summed E-state index contributed by atoms with van der Waals surface area (Å²) in [7, 11) is 0. The largest absolute Gasteiger partial charge is 0.388 e. The van der Waals surface area contributed by atoms with Crippen LogP contribution < -0.4 is 10.6 Å². The molecule has 0 aromatic carbocycles. The molecule has 0 aromatic heterocycles. The first-order valence-corrected chi connectivity index (χ1v) is 7.74. The number of hydrogen-bond donors (Lipinski definition) is 3. The molecule has 8 heteroatoms. The van der Waals surface area contributed by atoms with Crippen LogP contribution in [-0.4, -0.2) is 72.5 Å². The van der Waals surface area contributed by atoms with Crippen LogP contribution in [0.15, 0.2) is 0 Å². The summed E-state index contributed by atoms with van der Waals surface area (Å²) in [5.74, 6) is -2.58. The molecule has 0 spiro atoms. The number of rotatable bonds is 4. The highest BCUT2D eigenvalue weighted by Gasteiger charge is 2.40. The standard InChI is InChI=1S/C14H25F2N3O3/c1-9(2)17-13(21)18-10-8-22-11(12(10)20)7-19-5-3-14(15,16)4-6-19/h9-12,20H,3-8H2,1-2H3,(H2,17,18,21). The van der Waals surface area contributed by atoms with Crippen LogP contribution in [0.25, 0.3) is 0 Å². The second-order valence-electron chi connectivity index (χ2n) is 6.40. The van der Waals surface area contributed by atoms with Crippen LogP contribution in [0.5, 0.6) is 0 Å². The number of aliphatic hydroxyl groups is 1. The van der Waals surface area contributed by atoms with Gasteiger partial charge in [-0.3, -0.25) is 0 Å². The molecule has 3 unspecified atom stereocenters. The Morgan fingerprint density at radius 1 is 1.41 bits per heavy atom. The summed E-state index contributed by atoms with van der Waals surface area (Å²) in [5.41, 5.74) is 0. The third-order valence-corrected chi connectivity index (χ3v) is 4.05. The molecule has 0 bridgehead atoms. The van der Waals surface area contributed by atoms with Crippen molar-refractivity contribution in [3.05, 3.63) is 0 Å². The number of ether oxygens (including phenoxy) is 1. The van der Waals surface area contributed by atoms with Gasteiger partial charge in [0.1, 0.15) is 6.10 Å². The molecule has 0 radical (unpaired) electrons. The predicted octanol–water partition coefficient (Wildman–Crippen LogP) is 0.553. The molecule has 0 aliphatic carbocycles. The minimum Gasteiger partial charge on any atom is -0.388 e. The molecule has 3 N–H and O–H groups in total. The monoisotopic (exact) mass is 321 g/mol. The Morgan fingerprint density at radius 3 is 2.64 bits per heavy atom. The van der Waals surface area contributed by atoms with E-state index in [2.05, 4.69) is 10.6 Å². The smallest absolute Gasteiger partial charge is 0.315 e. The van der Waals surface area contributed by atoms with Gasteiger partial charge in [-0.05, 0) is 13.8 Å². The Balaban J connectivity index is 1.77. The van der Waals surface area contributed by atoms with Crippen LogP contribution in [0.1, 0.15) is 26.7 Å². The van der Waals surface area contributed by atoms with Crippen molar-refractivity contribution in [2.24, 2.45) is 0 Å². The van der Waals surface area contributed by atoms with E-state index in [1.54, 1.807) is 0 Å². The molecule has 2 saturated heterocycles. The van der Waals surface area contributed by atoms with E-state index < -0.39 is 24.2 Å². The van der Waals surface area contributed by atoms with E-state index in [4.69, 9.17) is 4.74 Å². The van der Waals surface area contributed by atoms with Crippen LogP contribution >= 0.6 is 0 Å². The summed E-state index contributed by atoms with van der Waals surface area (Å²) in [5, 5.41) is 15.6. The third-order valence-electron chi connectivity index (χ3n) is 4.05. The fourth-order valence-electron chi connectivity index (χ4n) is 2.76. The van der Waals surface area contributed by atoms with Gasteiger partial charge in [-0.25, -0.2) is 13.6 Å².